The van der Waals surface area contributed by atoms with Gasteiger partial charge < -0.3 is 4.90 Å². The lowest BCUT2D eigenvalue weighted by atomic mass is 9.83. The molecule has 1 aromatic heterocycles. The summed E-state index contributed by atoms with van der Waals surface area (Å²) >= 11 is 6.12. The number of anilines is 1. The molecule has 1 saturated carbocycles. The molecule has 4 heteroatoms. The molecule has 0 atom stereocenters. The first-order chi connectivity index (χ1) is 8.53. The summed E-state index contributed by atoms with van der Waals surface area (Å²) in [5, 5.41) is 0.590. The normalized spacial score (nSPS) is 23.2. The molecule has 3 nitrogen and oxygen atoms in total. The predicted molar refractivity (Wildman–Crippen MR) is 74.2 cm³/mol. The fourth-order valence-corrected chi connectivity index (χ4v) is 2.63. The molecule has 0 amide bonds. The number of piperidine rings is 1. The van der Waals surface area contributed by atoms with E-state index in [4.69, 9.17) is 16.6 Å². The second-order valence-electron chi connectivity index (χ2n) is 6.33. The van der Waals surface area contributed by atoms with Crippen molar-refractivity contribution in [3.8, 4) is 0 Å². The van der Waals surface area contributed by atoms with E-state index in [-0.39, 0.29) is 0 Å². The molecule has 0 bridgehead atoms. The highest BCUT2D eigenvalue weighted by molar-refractivity contribution is 6.29. The lowest BCUT2D eigenvalue weighted by Gasteiger charge is -2.37. The van der Waals surface area contributed by atoms with E-state index in [1.54, 1.807) is 0 Å². The van der Waals surface area contributed by atoms with Crippen LogP contribution in [0, 0.1) is 5.41 Å². The third kappa shape index (κ3) is 2.61. The number of aromatic nitrogens is 2. The second kappa shape index (κ2) is 4.37. The topological polar surface area (TPSA) is 29.0 Å². The van der Waals surface area contributed by atoms with E-state index in [9.17, 15) is 0 Å². The van der Waals surface area contributed by atoms with Crippen LogP contribution in [0.5, 0.6) is 0 Å². The molecule has 1 aliphatic heterocycles. The van der Waals surface area contributed by atoms with Crippen LogP contribution < -0.4 is 4.90 Å². The van der Waals surface area contributed by atoms with Gasteiger partial charge in [-0.1, -0.05) is 25.4 Å². The summed E-state index contributed by atoms with van der Waals surface area (Å²) in [6.07, 6.45) is 4.86. The molecule has 0 radical (unpaired) electrons. The van der Waals surface area contributed by atoms with E-state index in [1.165, 1.54) is 25.7 Å². The van der Waals surface area contributed by atoms with Crippen LogP contribution in [-0.2, 0) is 0 Å². The van der Waals surface area contributed by atoms with E-state index < -0.39 is 0 Å². The summed E-state index contributed by atoms with van der Waals surface area (Å²) in [5.74, 6) is 2.53. The smallest absolute Gasteiger partial charge is 0.135 e. The van der Waals surface area contributed by atoms with Crippen molar-refractivity contribution in [3.05, 3.63) is 17.0 Å². The lowest BCUT2D eigenvalue weighted by molar-refractivity contribution is 0.279. The zero-order valence-corrected chi connectivity index (χ0v) is 11.9. The third-order valence-electron chi connectivity index (χ3n) is 4.08. The van der Waals surface area contributed by atoms with Gasteiger partial charge in [0, 0.05) is 25.1 Å². The van der Waals surface area contributed by atoms with Gasteiger partial charge in [0.1, 0.15) is 16.8 Å². The van der Waals surface area contributed by atoms with Crippen LogP contribution in [0.25, 0.3) is 0 Å². The van der Waals surface area contributed by atoms with Crippen molar-refractivity contribution in [3.63, 3.8) is 0 Å². The molecule has 2 fully saturated rings. The highest BCUT2D eigenvalue weighted by Crippen LogP contribution is 2.39. The Labute approximate surface area is 114 Å². The molecule has 2 aliphatic rings. The maximum absolute atomic E-state index is 6.12. The van der Waals surface area contributed by atoms with E-state index >= 15 is 0 Å². The second-order valence-corrected chi connectivity index (χ2v) is 6.72. The predicted octanol–water partition coefficient (Wildman–Crippen LogP) is 3.63. The Bertz CT molecular complexity index is 444. The highest BCUT2D eigenvalue weighted by Gasteiger charge is 2.29. The fraction of sp³-hybridized carbons (Fsp3) is 0.714. The van der Waals surface area contributed by atoms with Gasteiger partial charge in [-0.15, -0.1) is 0 Å². The van der Waals surface area contributed by atoms with Crippen LogP contribution >= 0.6 is 11.6 Å². The van der Waals surface area contributed by atoms with Crippen LogP contribution in [0.3, 0.4) is 0 Å². The molecule has 0 spiro atoms. The Morgan fingerprint density at radius 3 is 2.50 bits per heavy atom. The molecule has 0 N–H and O–H groups in total. The minimum absolute atomic E-state index is 0.465. The summed E-state index contributed by atoms with van der Waals surface area (Å²) in [6, 6.07) is 1.91. The van der Waals surface area contributed by atoms with Crippen molar-refractivity contribution >= 4 is 17.4 Å². The molecule has 2 heterocycles. The zero-order chi connectivity index (χ0) is 12.8. The standard InChI is InChI=1S/C14H20ClN3/c1-14(2)5-7-18(8-6-14)12-9-11(15)16-13(17-12)10-3-4-10/h9-10H,3-8H2,1-2H3. The van der Waals surface area contributed by atoms with E-state index in [2.05, 4.69) is 23.7 Å². The summed E-state index contributed by atoms with van der Waals surface area (Å²) in [5.41, 5.74) is 0.465. The van der Waals surface area contributed by atoms with Crippen LogP contribution in [0.1, 0.15) is 51.3 Å². The molecular weight excluding hydrogens is 246 g/mol. The Hall–Kier alpha value is -0.830. The van der Waals surface area contributed by atoms with E-state index in [1.807, 2.05) is 6.07 Å². The number of halogens is 1. The van der Waals surface area contributed by atoms with Crippen LogP contribution in [-0.4, -0.2) is 23.1 Å². The van der Waals surface area contributed by atoms with Gasteiger partial charge in [-0.2, -0.15) is 0 Å². The van der Waals surface area contributed by atoms with Crippen molar-refractivity contribution in [1.82, 2.24) is 9.97 Å². The van der Waals surface area contributed by atoms with Gasteiger partial charge in [0.05, 0.1) is 0 Å². The molecule has 1 aliphatic carbocycles. The summed E-state index contributed by atoms with van der Waals surface area (Å²) < 4.78 is 0. The third-order valence-corrected chi connectivity index (χ3v) is 4.28. The SMILES string of the molecule is CC1(C)CCN(c2cc(Cl)nc(C3CC3)n2)CC1. The van der Waals surface area contributed by atoms with Gasteiger partial charge in [0.2, 0.25) is 0 Å². The first-order valence-corrected chi connectivity index (χ1v) is 7.21. The molecule has 1 saturated heterocycles. The quantitative estimate of drug-likeness (QED) is 0.765. The average molecular weight is 266 g/mol. The summed E-state index contributed by atoms with van der Waals surface area (Å²) in [7, 11) is 0. The number of nitrogens with zero attached hydrogens (tertiary/aromatic N) is 3. The molecule has 18 heavy (non-hydrogen) atoms. The van der Waals surface area contributed by atoms with Crippen LogP contribution in [0.4, 0.5) is 5.82 Å². The van der Waals surface area contributed by atoms with Gasteiger partial charge in [-0.3, -0.25) is 0 Å². The van der Waals surface area contributed by atoms with Gasteiger partial charge in [-0.25, -0.2) is 9.97 Å². The van der Waals surface area contributed by atoms with Gasteiger partial charge >= 0.3 is 0 Å². The highest BCUT2D eigenvalue weighted by atomic mass is 35.5. The Kier molecular flexibility index (Phi) is 2.97. The first-order valence-electron chi connectivity index (χ1n) is 6.83. The largest absolute Gasteiger partial charge is 0.356 e. The van der Waals surface area contributed by atoms with Crippen molar-refractivity contribution < 1.29 is 0 Å². The van der Waals surface area contributed by atoms with Crippen molar-refractivity contribution in [2.24, 2.45) is 5.41 Å². The molecule has 0 aromatic carbocycles. The average Bonchev–Trinajstić information content (AvgIpc) is 3.11. The molecule has 98 valence electrons. The summed E-state index contributed by atoms with van der Waals surface area (Å²) in [6.45, 7) is 6.83. The fourth-order valence-electron chi connectivity index (χ4n) is 2.45. The number of hydrogen-bond acceptors (Lipinski definition) is 3. The van der Waals surface area contributed by atoms with Gasteiger partial charge in [0.25, 0.3) is 0 Å². The Morgan fingerprint density at radius 1 is 1.22 bits per heavy atom. The van der Waals surface area contributed by atoms with Crippen molar-refractivity contribution in [2.45, 2.75) is 45.4 Å². The molecule has 0 unspecified atom stereocenters. The molecule has 3 rings (SSSR count). The van der Waals surface area contributed by atoms with Crippen LogP contribution in [0.15, 0.2) is 6.07 Å². The molecular formula is C14H20ClN3. The summed E-state index contributed by atoms with van der Waals surface area (Å²) in [4.78, 5) is 11.4. The van der Waals surface area contributed by atoms with E-state index in [0.29, 0.717) is 16.5 Å². The molecule has 1 aromatic rings. The minimum Gasteiger partial charge on any atom is -0.356 e. The van der Waals surface area contributed by atoms with Gasteiger partial charge in [-0.05, 0) is 31.1 Å². The van der Waals surface area contributed by atoms with E-state index in [0.717, 1.165) is 24.7 Å². The maximum Gasteiger partial charge on any atom is 0.135 e. The monoisotopic (exact) mass is 265 g/mol. The zero-order valence-electron chi connectivity index (χ0n) is 11.1. The first kappa shape index (κ1) is 12.2. The Balaban J connectivity index is 1.79. The minimum atomic E-state index is 0.465. The number of hydrogen-bond donors (Lipinski definition) is 0. The van der Waals surface area contributed by atoms with Crippen LogP contribution in [0.2, 0.25) is 5.15 Å². The van der Waals surface area contributed by atoms with Crippen molar-refractivity contribution in [1.29, 1.82) is 0 Å². The Morgan fingerprint density at radius 2 is 1.89 bits per heavy atom. The van der Waals surface area contributed by atoms with Crippen molar-refractivity contribution in [2.75, 3.05) is 18.0 Å². The maximum atomic E-state index is 6.12. The lowest BCUT2D eigenvalue weighted by Crippen LogP contribution is -2.37. The number of rotatable bonds is 2. The van der Waals surface area contributed by atoms with Gasteiger partial charge in [0.15, 0.2) is 0 Å².